The number of piperidine rings is 1. The van der Waals surface area contributed by atoms with Gasteiger partial charge in [-0.3, -0.25) is 34.2 Å². The Morgan fingerprint density at radius 1 is 1.05 bits per heavy atom. The van der Waals surface area contributed by atoms with Gasteiger partial charge in [0.2, 0.25) is 17.7 Å². The topological polar surface area (TPSA) is 198 Å². The Bertz CT molecular complexity index is 2300. The maximum Gasteiger partial charge on any atom is 0.416 e. The number of nitrogens with two attached hydrogens (primary N) is 1. The molecule has 4 heterocycles. The van der Waals surface area contributed by atoms with Crippen LogP contribution in [-0.2, 0) is 20.6 Å². The van der Waals surface area contributed by atoms with Crippen molar-refractivity contribution in [2.75, 3.05) is 43.1 Å². The molecule has 7 rings (SSSR count). The second-order valence-corrected chi connectivity index (χ2v) is 13.8. The number of amides is 5. The molecule has 292 valence electrons. The lowest BCUT2D eigenvalue weighted by atomic mass is 10.0. The predicted octanol–water partition coefficient (Wildman–Crippen LogP) is 4.21. The summed E-state index contributed by atoms with van der Waals surface area (Å²) in [4.78, 5) is 75.6. The first kappa shape index (κ1) is 37.8. The molecule has 0 saturated carbocycles. The summed E-state index contributed by atoms with van der Waals surface area (Å²) in [6.07, 6.45) is -4.53. The molecule has 18 heteroatoms. The highest BCUT2D eigenvalue weighted by Crippen LogP contribution is 2.38. The van der Waals surface area contributed by atoms with E-state index in [1.165, 1.54) is 19.2 Å². The fourth-order valence-electron chi connectivity index (χ4n) is 7.17. The van der Waals surface area contributed by atoms with Crippen molar-refractivity contribution >= 4 is 57.6 Å². The number of likely N-dealkylation sites (tertiary alicyclic amines) is 1. The third-order valence-electron chi connectivity index (χ3n) is 9.94. The van der Waals surface area contributed by atoms with Crippen LogP contribution >= 0.6 is 0 Å². The van der Waals surface area contributed by atoms with Crippen LogP contribution in [0.15, 0.2) is 48.5 Å². The largest absolute Gasteiger partial charge is 0.493 e. The molecule has 0 bridgehead atoms. The average Bonchev–Trinajstić information content (AvgIpc) is 3.71. The Labute approximate surface area is 317 Å². The van der Waals surface area contributed by atoms with E-state index in [0.717, 1.165) is 17.0 Å². The second kappa shape index (κ2) is 14.6. The number of halogens is 3. The van der Waals surface area contributed by atoms with E-state index in [1.54, 1.807) is 43.0 Å². The molecular formula is C38H37F3N8O7. The molecule has 3 aliphatic heterocycles. The molecule has 1 unspecified atom stereocenters. The molecule has 56 heavy (non-hydrogen) atoms. The van der Waals surface area contributed by atoms with Crippen molar-refractivity contribution in [1.82, 2.24) is 25.1 Å². The summed E-state index contributed by atoms with van der Waals surface area (Å²) in [6, 6.07) is 9.59. The highest BCUT2D eigenvalue weighted by Gasteiger charge is 2.45. The molecule has 1 aromatic heterocycles. The summed E-state index contributed by atoms with van der Waals surface area (Å²) >= 11 is 0. The van der Waals surface area contributed by atoms with Gasteiger partial charge in [0, 0.05) is 42.2 Å². The number of nitrogens with zero attached hydrogens (tertiary/aromatic N) is 4. The molecule has 3 atom stereocenters. The average molecular weight is 775 g/mol. The van der Waals surface area contributed by atoms with E-state index in [4.69, 9.17) is 15.2 Å². The van der Waals surface area contributed by atoms with E-state index in [9.17, 15) is 37.1 Å². The number of anilines is 3. The maximum atomic E-state index is 13.5. The Morgan fingerprint density at radius 2 is 1.84 bits per heavy atom. The van der Waals surface area contributed by atoms with Gasteiger partial charge in [-0.1, -0.05) is 6.07 Å². The third kappa shape index (κ3) is 7.33. The van der Waals surface area contributed by atoms with Crippen LogP contribution in [0.3, 0.4) is 0 Å². The number of hydrogen-bond acceptors (Lipinski definition) is 12. The first-order valence-electron chi connectivity index (χ1n) is 17.7. The molecule has 4 aromatic rings. The molecule has 0 radical (unpaired) electrons. The number of nitrogens with one attached hydrogen (secondary N) is 3. The van der Waals surface area contributed by atoms with Gasteiger partial charge in [0.1, 0.15) is 23.8 Å². The lowest BCUT2D eigenvalue weighted by Crippen LogP contribution is -2.54. The van der Waals surface area contributed by atoms with Crippen molar-refractivity contribution in [3.05, 3.63) is 76.6 Å². The number of nitrogen functional groups attached to an aromatic ring is 1. The van der Waals surface area contributed by atoms with E-state index in [0.29, 0.717) is 52.6 Å². The highest BCUT2D eigenvalue weighted by atomic mass is 19.4. The molecule has 0 aliphatic carbocycles. The fourth-order valence-corrected chi connectivity index (χ4v) is 7.17. The van der Waals surface area contributed by atoms with Gasteiger partial charge in [0.15, 0.2) is 11.5 Å². The first-order valence-corrected chi connectivity index (χ1v) is 17.7. The molecule has 5 N–H and O–H groups in total. The van der Waals surface area contributed by atoms with Gasteiger partial charge in [0.05, 0.1) is 48.4 Å². The number of methoxy groups -OCH3 is 1. The van der Waals surface area contributed by atoms with Crippen LogP contribution in [0.1, 0.15) is 69.9 Å². The summed E-state index contributed by atoms with van der Waals surface area (Å²) in [5.41, 5.74) is 6.12. The number of imide groups is 2. The number of carbonyl (C=O) groups is 5. The van der Waals surface area contributed by atoms with Gasteiger partial charge in [0.25, 0.3) is 11.8 Å². The SMILES string of the molecule is COc1cc2nc(C)nc(N[C@H](C)c3cc(N)cc(C(F)(F)F)c3)c2cc1O[C@H]1CCN(C(=O)CNc2cccc3c2C(=O)N(C2CCC(=O)NC2=O)C3=O)C1. The van der Waals surface area contributed by atoms with Gasteiger partial charge in [-0.05, 0) is 62.2 Å². The summed E-state index contributed by atoms with van der Waals surface area (Å²) in [5, 5.41) is 8.87. The summed E-state index contributed by atoms with van der Waals surface area (Å²) < 4.78 is 52.5. The van der Waals surface area contributed by atoms with E-state index < -0.39 is 53.6 Å². The molecule has 5 amide bonds. The van der Waals surface area contributed by atoms with Crippen LogP contribution in [0, 0.1) is 6.92 Å². The van der Waals surface area contributed by atoms with Crippen LogP contribution in [0.25, 0.3) is 10.9 Å². The highest BCUT2D eigenvalue weighted by molar-refractivity contribution is 6.25. The second-order valence-electron chi connectivity index (χ2n) is 13.8. The molecular weight excluding hydrogens is 737 g/mol. The predicted molar refractivity (Wildman–Crippen MR) is 196 cm³/mol. The standard InChI is InChI=1S/C38H37F3N8O7/c1-18(20-11-21(38(39,40)41)13-22(42)12-20)44-34-25-14-30(29(55-3)15-27(25)45-19(2)46-34)56-23-9-10-48(17-23)32(51)16-43-26-6-4-5-24-33(26)37(54)49(36(24)53)28-7-8-31(50)47-35(28)52/h4-6,11-15,18,23,28,43H,7-10,16-17,42H2,1-3H3,(H,44,45,46)(H,47,50,52)/t18-,23+,28?/m1/s1. The number of hydrogen-bond donors (Lipinski definition) is 4. The van der Waals surface area contributed by atoms with E-state index in [-0.39, 0.29) is 54.3 Å². The maximum absolute atomic E-state index is 13.5. The van der Waals surface area contributed by atoms with E-state index in [2.05, 4.69) is 25.9 Å². The van der Waals surface area contributed by atoms with Crippen molar-refractivity contribution < 1.29 is 46.6 Å². The Hall–Kier alpha value is -6.46. The number of alkyl halides is 3. The van der Waals surface area contributed by atoms with Crippen molar-refractivity contribution in [2.45, 2.75) is 57.5 Å². The first-order chi connectivity index (χ1) is 26.6. The normalized spacial score (nSPS) is 18.9. The monoisotopic (exact) mass is 774 g/mol. The van der Waals surface area contributed by atoms with Crippen molar-refractivity contribution in [1.29, 1.82) is 0 Å². The Morgan fingerprint density at radius 3 is 2.57 bits per heavy atom. The molecule has 15 nitrogen and oxygen atoms in total. The zero-order valence-corrected chi connectivity index (χ0v) is 30.5. The van der Waals surface area contributed by atoms with Crippen LogP contribution in [0.4, 0.5) is 30.4 Å². The van der Waals surface area contributed by atoms with Gasteiger partial charge in [-0.25, -0.2) is 9.97 Å². The van der Waals surface area contributed by atoms with Crippen LogP contribution in [-0.4, -0.2) is 88.2 Å². The smallest absolute Gasteiger partial charge is 0.416 e. The quantitative estimate of drug-likeness (QED) is 0.133. The zero-order chi connectivity index (χ0) is 40.1. The summed E-state index contributed by atoms with van der Waals surface area (Å²) in [7, 11) is 1.47. The Balaban J connectivity index is 1.03. The van der Waals surface area contributed by atoms with E-state index in [1.807, 2.05) is 0 Å². The summed E-state index contributed by atoms with van der Waals surface area (Å²) in [5.74, 6) is -1.36. The molecule has 3 aliphatic rings. The number of ether oxygens (including phenoxy) is 2. The van der Waals surface area contributed by atoms with Gasteiger partial charge < -0.3 is 30.7 Å². The number of aryl methyl sites for hydroxylation is 1. The van der Waals surface area contributed by atoms with Crippen molar-refractivity contribution in [3.8, 4) is 11.5 Å². The van der Waals surface area contributed by atoms with Gasteiger partial charge >= 0.3 is 6.18 Å². The lowest BCUT2D eigenvalue weighted by Gasteiger charge is -2.27. The molecule has 2 fully saturated rings. The van der Waals surface area contributed by atoms with Crippen LogP contribution in [0.2, 0.25) is 0 Å². The number of rotatable bonds is 10. The zero-order valence-electron chi connectivity index (χ0n) is 30.5. The van der Waals surface area contributed by atoms with Gasteiger partial charge in [-0.15, -0.1) is 0 Å². The summed E-state index contributed by atoms with van der Waals surface area (Å²) in [6.45, 7) is 3.76. The minimum atomic E-state index is -4.57. The minimum absolute atomic E-state index is 0.00805. The number of benzene rings is 3. The van der Waals surface area contributed by atoms with Crippen LogP contribution < -0.4 is 31.2 Å². The third-order valence-corrected chi connectivity index (χ3v) is 9.94. The van der Waals surface area contributed by atoms with Crippen molar-refractivity contribution in [2.24, 2.45) is 0 Å². The van der Waals surface area contributed by atoms with Gasteiger partial charge in [-0.2, -0.15) is 13.2 Å². The number of fused-ring (bicyclic) bond motifs is 2. The number of carbonyl (C=O) groups excluding carboxylic acids is 5. The number of aromatic nitrogens is 2. The van der Waals surface area contributed by atoms with E-state index >= 15 is 0 Å². The van der Waals surface area contributed by atoms with Crippen LogP contribution in [0.5, 0.6) is 11.5 Å². The minimum Gasteiger partial charge on any atom is -0.493 e. The molecule has 2 saturated heterocycles. The Kier molecular flexibility index (Phi) is 9.90. The van der Waals surface area contributed by atoms with Crippen molar-refractivity contribution in [3.63, 3.8) is 0 Å². The lowest BCUT2D eigenvalue weighted by molar-refractivity contribution is -0.138. The molecule has 0 spiro atoms. The fraction of sp³-hybridized carbons (Fsp3) is 0.342. The molecule has 3 aromatic carbocycles.